The molecule has 0 saturated heterocycles. The van der Waals surface area contributed by atoms with Gasteiger partial charge in [0.25, 0.3) is 5.91 Å². The topological polar surface area (TPSA) is 62.1 Å². The normalized spacial score (nSPS) is 11.3. The molecule has 5 heteroatoms. The van der Waals surface area contributed by atoms with E-state index >= 15 is 0 Å². The van der Waals surface area contributed by atoms with Crippen LogP contribution in [-0.4, -0.2) is 12.0 Å². The van der Waals surface area contributed by atoms with Crippen molar-refractivity contribution in [3.63, 3.8) is 0 Å². The standard InChI is InChI=1S/C16H13FN2O2/c1-11(21-15-5-3-2-4-12(15)10-18)16(20)19-14-8-6-13(17)7-9-14/h2-9,11H,1H3,(H,19,20)/t11-/m0/s1. The van der Waals surface area contributed by atoms with Crippen molar-refractivity contribution in [2.24, 2.45) is 0 Å². The Kier molecular flexibility index (Phi) is 4.52. The number of ether oxygens (including phenoxy) is 1. The SMILES string of the molecule is C[C@H](Oc1ccccc1C#N)C(=O)Nc1ccc(F)cc1. The fourth-order valence-electron chi connectivity index (χ4n) is 1.68. The van der Waals surface area contributed by atoms with Crippen LogP contribution in [0.25, 0.3) is 0 Å². The largest absolute Gasteiger partial charge is 0.480 e. The van der Waals surface area contributed by atoms with Crippen molar-refractivity contribution in [2.45, 2.75) is 13.0 Å². The number of benzene rings is 2. The van der Waals surface area contributed by atoms with Crippen molar-refractivity contribution < 1.29 is 13.9 Å². The van der Waals surface area contributed by atoms with Gasteiger partial charge in [0.1, 0.15) is 17.6 Å². The molecule has 2 aromatic rings. The summed E-state index contributed by atoms with van der Waals surface area (Å²) in [6.07, 6.45) is -0.787. The van der Waals surface area contributed by atoms with Gasteiger partial charge in [-0.25, -0.2) is 4.39 Å². The van der Waals surface area contributed by atoms with E-state index in [1.807, 2.05) is 6.07 Å². The highest BCUT2D eigenvalue weighted by atomic mass is 19.1. The maximum absolute atomic E-state index is 12.8. The Labute approximate surface area is 121 Å². The molecule has 1 atom stereocenters. The van der Waals surface area contributed by atoms with Crippen LogP contribution in [0.1, 0.15) is 12.5 Å². The molecule has 0 heterocycles. The molecule has 0 saturated carbocycles. The third-order valence-electron chi connectivity index (χ3n) is 2.79. The Morgan fingerprint density at radius 3 is 2.57 bits per heavy atom. The molecule has 1 amide bonds. The summed E-state index contributed by atoms with van der Waals surface area (Å²) in [5, 5.41) is 11.6. The number of hydrogen-bond acceptors (Lipinski definition) is 3. The lowest BCUT2D eigenvalue weighted by atomic mass is 10.2. The number of para-hydroxylation sites is 1. The summed E-state index contributed by atoms with van der Waals surface area (Å²) in [5.74, 6) is -0.406. The van der Waals surface area contributed by atoms with E-state index in [1.165, 1.54) is 24.3 Å². The molecule has 0 unspecified atom stereocenters. The molecule has 0 radical (unpaired) electrons. The summed E-state index contributed by atoms with van der Waals surface area (Å²) in [6.45, 7) is 1.58. The summed E-state index contributed by atoms with van der Waals surface area (Å²) in [6, 6.07) is 14.1. The van der Waals surface area contributed by atoms with E-state index in [0.717, 1.165) is 0 Å². The Balaban J connectivity index is 2.03. The van der Waals surface area contributed by atoms with E-state index in [0.29, 0.717) is 17.0 Å². The molecule has 1 N–H and O–H groups in total. The van der Waals surface area contributed by atoms with Crippen LogP contribution in [0.5, 0.6) is 5.75 Å². The highest BCUT2D eigenvalue weighted by molar-refractivity contribution is 5.94. The van der Waals surface area contributed by atoms with Gasteiger partial charge in [-0.3, -0.25) is 4.79 Å². The summed E-state index contributed by atoms with van der Waals surface area (Å²) in [7, 11) is 0. The Hall–Kier alpha value is -2.87. The molecule has 106 valence electrons. The lowest BCUT2D eigenvalue weighted by Crippen LogP contribution is -2.30. The molecule has 0 fully saturated rings. The second kappa shape index (κ2) is 6.53. The quantitative estimate of drug-likeness (QED) is 0.938. The van der Waals surface area contributed by atoms with Crippen LogP contribution in [0.2, 0.25) is 0 Å². The number of nitrogens with zero attached hydrogens (tertiary/aromatic N) is 1. The summed E-state index contributed by atoms with van der Waals surface area (Å²) in [5.41, 5.74) is 0.837. The Morgan fingerprint density at radius 1 is 1.24 bits per heavy atom. The smallest absolute Gasteiger partial charge is 0.265 e. The summed E-state index contributed by atoms with van der Waals surface area (Å²) < 4.78 is 18.3. The van der Waals surface area contributed by atoms with Gasteiger partial charge in [0.2, 0.25) is 0 Å². The Bertz CT molecular complexity index is 677. The van der Waals surface area contributed by atoms with Crippen molar-refractivity contribution in [1.29, 1.82) is 5.26 Å². The highest BCUT2D eigenvalue weighted by Crippen LogP contribution is 2.18. The first-order chi connectivity index (χ1) is 10.1. The number of hydrogen-bond donors (Lipinski definition) is 1. The first-order valence-corrected chi connectivity index (χ1v) is 6.32. The minimum absolute atomic E-state index is 0.349. The van der Waals surface area contributed by atoms with Crippen LogP contribution in [0, 0.1) is 17.1 Å². The number of anilines is 1. The van der Waals surface area contributed by atoms with E-state index in [1.54, 1.807) is 31.2 Å². The maximum atomic E-state index is 12.8. The number of nitrogens with one attached hydrogen (secondary N) is 1. The second-order valence-corrected chi connectivity index (χ2v) is 4.36. The first-order valence-electron chi connectivity index (χ1n) is 6.32. The van der Waals surface area contributed by atoms with Gasteiger partial charge in [0.05, 0.1) is 5.56 Å². The van der Waals surface area contributed by atoms with Crippen molar-refractivity contribution in [3.8, 4) is 11.8 Å². The second-order valence-electron chi connectivity index (χ2n) is 4.36. The zero-order valence-electron chi connectivity index (χ0n) is 11.3. The van der Waals surface area contributed by atoms with E-state index in [9.17, 15) is 9.18 Å². The van der Waals surface area contributed by atoms with E-state index in [2.05, 4.69) is 5.32 Å². The summed E-state index contributed by atoms with van der Waals surface area (Å²) in [4.78, 5) is 12.0. The number of carbonyl (C=O) groups excluding carboxylic acids is 1. The van der Waals surface area contributed by atoms with Crippen LogP contribution >= 0.6 is 0 Å². The average Bonchev–Trinajstić information content (AvgIpc) is 2.50. The van der Waals surface area contributed by atoms with E-state index < -0.39 is 6.10 Å². The molecule has 2 rings (SSSR count). The van der Waals surface area contributed by atoms with Crippen LogP contribution < -0.4 is 10.1 Å². The fraction of sp³-hybridized carbons (Fsp3) is 0.125. The molecule has 0 aromatic heterocycles. The zero-order chi connectivity index (χ0) is 15.2. The Morgan fingerprint density at radius 2 is 1.90 bits per heavy atom. The molecule has 0 spiro atoms. The van der Waals surface area contributed by atoms with Gasteiger partial charge in [-0.15, -0.1) is 0 Å². The number of amides is 1. The minimum atomic E-state index is -0.787. The lowest BCUT2D eigenvalue weighted by molar-refractivity contribution is -0.122. The molecular formula is C16H13FN2O2. The van der Waals surface area contributed by atoms with E-state index in [-0.39, 0.29) is 11.7 Å². The first kappa shape index (κ1) is 14.5. The highest BCUT2D eigenvalue weighted by Gasteiger charge is 2.16. The fourth-order valence-corrected chi connectivity index (χ4v) is 1.68. The number of carbonyl (C=O) groups is 1. The van der Waals surface area contributed by atoms with Crippen molar-refractivity contribution >= 4 is 11.6 Å². The van der Waals surface area contributed by atoms with Crippen LogP contribution in [0.15, 0.2) is 48.5 Å². The van der Waals surface area contributed by atoms with Crippen LogP contribution in [-0.2, 0) is 4.79 Å². The number of nitriles is 1. The van der Waals surface area contributed by atoms with Gasteiger partial charge in [0, 0.05) is 5.69 Å². The molecule has 2 aromatic carbocycles. The molecule has 0 aliphatic rings. The minimum Gasteiger partial charge on any atom is -0.480 e. The van der Waals surface area contributed by atoms with Crippen LogP contribution in [0.3, 0.4) is 0 Å². The van der Waals surface area contributed by atoms with Crippen LogP contribution in [0.4, 0.5) is 10.1 Å². The number of halogens is 1. The number of rotatable bonds is 4. The van der Waals surface area contributed by atoms with Gasteiger partial charge < -0.3 is 10.1 Å². The molecular weight excluding hydrogens is 271 g/mol. The predicted molar refractivity (Wildman–Crippen MR) is 76.3 cm³/mol. The monoisotopic (exact) mass is 284 g/mol. The molecule has 0 bridgehead atoms. The van der Waals surface area contributed by atoms with Crippen molar-refractivity contribution in [3.05, 3.63) is 59.9 Å². The van der Waals surface area contributed by atoms with Gasteiger partial charge in [0.15, 0.2) is 6.10 Å². The third kappa shape index (κ3) is 3.80. The maximum Gasteiger partial charge on any atom is 0.265 e. The van der Waals surface area contributed by atoms with Gasteiger partial charge in [-0.1, -0.05) is 12.1 Å². The van der Waals surface area contributed by atoms with Gasteiger partial charge >= 0.3 is 0 Å². The zero-order valence-corrected chi connectivity index (χ0v) is 11.3. The van der Waals surface area contributed by atoms with Crippen molar-refractivity contribution in [1.82, 2.24) is 0 Å². The molecule has 21 heavy (non-hydrogen) atoms. The summed E-state index contributed by atoms with van der Waals surface area (Å²) >= 11 is 0. The van der Waals surface area contributed by atoms with E-state index in [4.69, 9.17) is 10.00 Å². The molecule has 0 aliphatic heterocycles. The molecule has 4 nitrogen and oxygen atoms in total. The van der Waals surface area contributed by atoms with Gasteiger partial charge in [-0.05, 0) is 43.3 Å². The van der Waals surface area contributed by atoms with Gasteiger partial charge in [-0.2, -0.15) is 5.26 Å². The third-order valence-corrected chi connectivity index (χ3v) is 2.79. The average molecular weight is 284 g/mol. The lowest BCUT2D eigenvalue weighted by Gasteiger charge is -2.15. The predicted octanol–water partition coefficient (Wildman–Crippen LogP) is 3.10. The molecule has 0 aliphatic carbocycles. The van der Waals surface area contributed by atoms with Crippen molar-refractivity contribution in [2.75, 3.05) is 5.32 Å².